The highest BCUT2D eigenvalue weighted by Crippen LogP contribution is 2.16. The lowest BCUT2D eigenvalue weighted by molar-refractivity contribution is 0.645. The summed E-state index contributed by atoms with van der Waals surface area (Å²) < 4.78 is 1.80. The predicted octanol–water partition coefficient (Wildman–Crippen LogP) is 2.09. The van der Waals surface area contributed by atoms with E-state index in [2.05, 4.69) is 46.7 Å². The summed E-state index contributed by atoms with van der Waals surface area (Å²) in [5, 5.41) is 10.9. The predicted molar refractivity (Wildman–Crippen MR) is 88.8 cm³/mol. The molecule has 2 N–H and O–H groups in total. The third kappa shape index (κ3) is 4.90. The maximum absolute atomic E-state index is 4.27. The number of hydrogen-bond donors (Lipinski definition) is 2. The van der Waals surface area contributed by atoms with Crippen LogP contribution in [0.5, 0.6) is 0 Å². The second-order valence-corrected chi connectivity index (χ2v) is 6.58. The quantitative estimate of drug-likeness (QED) is 0.657. The Bertz CT molecular complexity index is 599. The molecule has 0 bridgehead atoms. The summed E-state index contributed by atoms with van der Waals surface area (Å²) >= 11 is 1.85. The number of rotatable bonds is 5. The number of aliphatic imine (C=N–C) groups is 1. The van der Waals surface area contributed by atoms with Crippen molar-refractivity contribution in [3.05, 3.63) is 39.8 Å². The zero-order valence-electron chi connectivity index (χ0n) is 13.1. The lowest BCUT2D eigenvalue weighted by atomic mass is 10.2. The summed E-state index contributed by atoms with van der Waals surface area (Å²) in [5.74, 6) is 0.819. The lowest BCUT2D eigenvalue weighted by Gasteiger charge is -2.17. The van der Waals surface area contributed by atoms with Gasteiger partial charge in [-0.3, -0.25) is 9.67 Å². The first kappa shape index (κ1) is 15.6. The number of nitrogens with one attached hydrogen (secondary N) is 2. The third-order valence-corrected chi connectivity index (χ3v) is 4.15. The number of aryl methyl sites for hydroxylation is 2. The van der Waals surface area contributed by atoms with E-state index >= 15 is 0 Å². The normalized spacial score (nSPS) is 13.2. The minimum absolute atomic E-state index is 0.336. The van der Waals surface area contributed by atoms with Crippen LogP contribution in [-0.2, 0) is 20.0 Å². The van der Waals surface area contributed by atoms with Crippen LogP contribution < -0.4 is 10.6 Å². The number of thiophene rings is 1. The fourth-order valence-corrected chi connectivity index (χ4v) is 3.14. The highest BCUT2D eigenvalue weighted by atomic mass is 32.1. The van der Waals surface area contributed by atoms with Crippen LogP contribution in [0.25, 0.3) is 0 Å². The Kier molecular flexibility index (Phi) is 5.38. The van der Waals surface area contributed by atoms with E-state index < -0.39 is 0 Å². The molecule has 114 valence electrons. The maximum Gasteiger partial charge on any atom is 0.191 e. The van der Waals surface area contributed by atoms with Gasteiger partial charge >= 0.3 is 0 Å². The molecule has 2 aromatic heterocycles. The molecular weight excluding hydrogens is 282 g/mol. The topological polar surface area (TPSA) is 54.2 Å². The monoisotopic (exact) mass is 305 g/mol. The molecule has 0 aromatic carbocycles. The zero-order valence-corrected chi connectivity index (χ0v) is 13.9. The van der Waals surface area contributed by atoms with Crippen LogP contribution in [0.3, 0.4) is 0 Å². The maximum atomic E-state index is 4.27. The van der Waals surface area contributed by atoms with E-state index in [4.69, 9.17) is 0 Å². The van der Waals surface area contributed by atoms with Gasteiger partial charge in [-0.2, -0.15) is 5.10 Å². The molecule has 2 aromatic rings. The van der Waals surface area contributed by atoms with Gasteiger partial charge in [0.2, 0.25) is 0 Å². The standard InChI is InChI=1S/C15H23N5S/c1-11(7-14-6-5-12(2)21-14)19-15(16-3)17-8-13-9-18-20(4)10-13/h5-6,9-11H,7-8H2,1-4H3,(H2,16,17,19). The Balaban J connectivity index is 1.81. The van der Waals surface area contributed by atoms with Crippen molar-refractivity contribution in [2.24, 2.45) is 12.0 Å². The van der Waals surface area contributed by atoms with Crippen LogP contribution in [0.1, 0.15) is 22.2 Å². The van der Waals surface area contributed by atoms with Gasteiger partial charge < -0.3 is 10.6 Å². The first-order valence-electron chi connectivity index (χ1n) is 7.07. The average Bonchev–Trinajstić information content (AvgIpc) is 3.03. The van der Waals surface area contributed by atoms with Gasteiger partial charge in [-0.05, 0) is 26.0 Å². The van der Waals surface area contributed by atoms with Crippen molar-refractivity contribution in [1.29, 1.82) is 0 Å². The second-order valence-electron chi connectivity index (χ2n) is 5.21. The van der Waals surface area contributed by atoms with Gasteiger partial charge in [0.15, 0.2) is 5.96 Å². The van der Waals surface area contributed by atoms with E-state index in [-0.39, 0.29) is 0 Å². The third-order valence-electron chi connectivity index (χ3n) is 3.13. The highest BCUT2D eigenvalue weighted by molar-refractivity contribution is 7.11. The van der Waals surface area contributed by atoms with Crippen molar-refractivity contribution in [2.75, 3.05) is 7.05 Å². The SMILES string of the molecule is CN=C(NCc1cnn(C)c1)NC(C)Cc1ccc(C)s1. The molecule has 6 heteroatoms. The van der Waals surface area contributed by atoms with Crippen molar-refractivity contribution in [2.45, 2.75) is 32.9 Å². The Morgan fingerprint density at radius 1 is 1.48 bits per heavy atom. The lowest BCUT2D eigenvalue weighted by Crippen LogP contribution is -2.42. The summed E-state index contributed by atoms with van der Waals surface area (Å²) in [6.07, 6.45) is 4.86. The number of aromatic nitrogens is 2. The van der Waals surface area contributed by atoms with Crippen molar-refractivity contribution >= 4 is 17.3 Å². The van der Waals surface area contributed by atoms with Gasteiger partial charge in [-0.1, -0.05) is 0 Å². The van der Waals surface area contributed by atoms with E-state index in [1.807, 2.05) is 30.8 Å². The number of hydrogen-bond acceptors (Lipinski definition) is 3. The summed E-state index contributed by atoms with van der Waals surface area (Å²) in [6, 6.07) is 4.70. The van der Waals surface area contributed by atoms with E-state index in [1.54, 1.807) is 11.7 Å². The van der Waals surface area contributed by atoms with Crippen LogP contribution in [0, 0.1) is 6.92 Å². The van der Waals surface area contributed by atoms with Crippen molar-refractivity contribution in [3.63, 3.8) is 0 Å². The van der Waals surface area contributed by atoms with Crippen LogP contribution >= 0.6 is 11.3 Å². The van der Waals surface area contributed by atoms with Crippen LogP contribution in [0.4, 0.5) is 0 Å². The minimum atomic E-state index is 0.336. The largest absolute Gasteiger partial charge is 0.354 e. The Hall–Kier alpha value is -1.82. The molecule has 0 saturated heterocycles. The van der Waals surface area contributed by atoms with E-state index in [1.165, 1.54) is 9.75 Å². The number of guanidine groups is 1. The first-order chi connectivity index (χ1) is 10.1. The van der Waals surface area contributed by atoms with E-state index in [0.29, 0.717) is 6.04 Å². The van der Waals surface area contributed by atoms with Crippen molar-refractivity contribution in [3.8, 4) is 0 Å². The van der Waals surface area contributed by atoms with Crippen LogP contribution in [-0.4, -0.2) is 28.8 Å². The second kappa shape index (κ2) is 7.26. The molecule has 1 unspecified atom stereocenters. The highest BCUT2D eigenvalue weighted by Gasteiger charge is 2.08. The average molecular weight is 305 g/mol. The molecule has 21 heavy (non-hydrogen) atoms. The fraction of sp³-hybridized carbons (Fsp3) is 0.467. The molecular formula is C15H23N5S. The van der Waals surface area contributed by atoms with Gasteiger partial charge in [-0.15, -0.1) is 11.3 Å². The molecule has 0 aliphatic carbocycles. The number of nitrogens with zero attached hydrogens (tertiary/aromatic N) is 3. The smallest absolute Gasteiger partial charge is 0.191 e. The summed E-state index contributed by atoms with van der Waals surface area (Å²) in [4.78, 5) is 7.02. The molecule has 2 rings (SSSR count). The van der Waals surface area contributed by atoms with Crippen LogP contribution in [0.2, 0.25) is 0 Å². The molecule has 2 heterocycles. The molecule has 0 fully saturated rings. The van der Waals surface area contributed by atoms with Gasteiger partial charge in [0.25, 0.3) is 0 Å². The molecule has 0 radical (unpaired) electrons. The minimum Gasteiger partial charge on any atom is -0.354 e. The Labute approximate surface area is 130 Å². The van der Waals surface area contributed by atoms with Crippen LogP contribution in [0.15, 0.2) is 29.5 Å². The zero-order chi connectivity index (χ0) is 15.2. The first-order valence-corrected chi connectivity index (χ1v) is 7.88. The van der Waals surface area contributed by atoms with Gasteiger partial charge in [0.05, 0.1) is 6.20 Å². The van der Waals surface area contributed by atoms with E-state index in [9.17, 15) is 0 Å². The Morgan fingerprint density at radius 3 is 2.86 bits per heavy atom. The summed E-state index contributed by atoms with van der Waals surface area (Å²) in [7, 11) is 3.71. The van der Waals surface area contributed by atoms with E-state index in [0.717, 1.165) is 24.5 Å². The van der Waals surface area contributed by atoms with Gasteiger partial charge in [0.1, 0.15) is 0 Å². The molecule has 0 aliphatic rings. The fourth-order valence-electron chi connectivity index (χ4n) is 2.12. The van der Waals surface area contributed by atoms with Crippen molar-refractivity contribution in [1.82, 2.24) is 20.4 Å². The van der Waals surface area contributed by atoms with Gasteiger partial charge in [-0.25, -0.2) is 0 Å². The summed E-state index contributed by atoms with van der Waals surface area (Å²) in [6.45, 7) is 5.03. The molecule has 1 atom stereocenters. The molecule has 0 amide bonds. The molecule has 5 nitrogen and oxygen atoms in total. The van der Waals surface area contributed by atoms with Crippen molar-refractivity contribution < 1.29 is 0 Å². The molecule has 0 aliphatic heterocycles. The summed E-state index contributed by atoms with van der Waals surface area (Å²) in [5.41, 5.74) is 1.14. The molecule has 0 saturated carbocycles. The Morgan fingerprint density at radius 2 is 2.29 bits per heavy atom. The molecule has 0 spiro atoms. The van der Waals surface area contributed by atoms with Gasteiger partial charge in [0, 0.05) is 54.6 Å².